The molecule has 0 spiro atoms. The number of halogens is 4. The molecule has 0 aromatic heterocycles. The highest BCUT2D eigenvalue weighted by Gasteiger charge is 2.61. The summed E-state index contributed by atoms with van der Waals surface area (Å²) < 4.78 is 65.2. The number of hydrogen-bond donors (Lipinski definition) is 0. The molecule has 1 aliphatic rings. The maximum atomic E-state index is 14.0. The van der Waals surface area contributed by atoms with Gasteiger partial charge in [-0.25, -0.2) is 17.6 Å². The van der Waals surface area contributed by atoms with Gasteiger partial charge in [0, 0.05) is 7.11 Å². The zero-order chi connectivity index (χ0) is 18.9. The van der Waals surface area contributed by atoms with E-state index < -0.39 is 59.5 Å². The molecule has 0 aliphatic heterocycles. The number of hydrogen-bond acceptors (Lipinski definition) is 3. The zero-order valence-electron chi connectivity index (χ0n) is 14.5. The van der Waals surface area contributed by atoms with Gasteiger partial charge in [0.2, 0.25) is 0 Å². The molecule has 1 saturated carbocycles. The number of ether oxygens (including phenoxy) is 2. The summed E-state index contributed by atoms with van der Waals surface area (Å²) in [4.78, 5) is 12.1. The van der Waals surface area contributed by atoms with Gasteiger partial charge in [0.1, 0.15) is 6.61 Å². The van der Waals surface area contributed by atoms with Crippen molar-refractivity contribution < 1.29 is 31.8 Å². The van der Waals surface area contributed by atoms with Gasteiger partial charge in [-0.3, -0.25) is 4.79 Å². The Morgan fingerprint density at radius 1 is 1.04 bits per heavy atom. The second-order valence-electron chi connectivity index (χ2n) is 6.60. The second-order valence-corrected chi connectivity index (χ2v) is 6.60. The van der Waals surface area contributed by atoms with Crippen LogP contribution in [-0.4, -0.2) is 13.1 Å². The van der Waals surface area contributed by atoms with E-state index >= 15 is 0 Å². The van der Waals surface area contributed by atoms with Crippen LogP contribution in [0.2, 0.25) is 0 Å². The largest absolute Gasteiger partial charge is 0.460 e. The van der Waals surface area contributed by atoms with Gasteiger partial charge in [-0.2, -0.15) is 0 Å². The first-order chi connectivity index (χ1) is 11.7. The maximum Gasteiger partial charge on any atom is 0.310 e. The topological polar surface area (TPSA) is 35.5 Å². The monoisotopic (exact) mass is 360 g/mol. The molecule has 0 heterocycles. The van der Waals surface area contributed by atoms with Crippen molar-refractivity contribution >= 4 is 5.97 Å². The first-order valence-electron chi connectivity index (χ1n) is 7.80. The number of benzene rings is 1. The van der Waals surface area contributed by atoms with E-state index in [4.69, 9.17) is 4.74 Å². The Bertz CT molecular complexity index is 684. The van der Waals surface area contributed by atoms with Crippen LogP contribution >= 0.6 is 0 Å². The van der Waals surface area contributed by atoms with Gasteiger partial charge >= 0.3 is 5.97 Å². The summed E-state index contributed by atoms with van der Waals surface area (Å²) in [6, 6.07) is 0. The molecule has 7 heteroatoms. The number of esters is 1. The van der Waals surface area contributed by atoms with E-state index in [0.29, 0.717) is 0 Å². The van der Waals surface area contributed by atoms with E-state index in [1.54, 1.807) is 6.08 Å². The molecule has 1 fully saturated rings. The molecule has 25 heavy (non-hydrogen) atoms. The van der Waals surface area contributed by atoms with Crippen LogP contribution < -0.4 is 0 Å². The minimum absolute atomic E-state index is 0.0442. The van der Waals surface area contributed by atoms with Gasteiger partial charge in [0.15, 0.2) is 23.3 Å². The lowest BCUT2D eigenvalue weighted by molar-refractivity contribution is -0.147. The highest BCUT2D eigenvalue weighted by molar-refractivity contribution is 5.78. The van der Waals surface area contributed by atoms with Crippen LogP contribution in [0.1, 0.15) is 31.9 Å². The van der Waals surface area contributed by atoms with Crippen LogP contribution in [0.5, 0.6) is 0 Å². The van der Waals surface area contributed by atoms with Crippen LogP contribution in [0.3, 0.4) is 0 Å². The third-order valence-electron chi connectivity index (χ3n) is 4.66. The normalized spacial score (nSPS) is 21.6. The van der Waals surface area contributed by atoms with E-state index in [2.05, 4.69) is 4.74 Å². The number of rotatable bonds is 6. The van der Waals surface area contributed by atoms with Crippen molar-refractivity contribution in [3.8, 4) is 0 Å². The van der Waals surface area contributed by atoms with E-state index in [1.165, 1.54) is 0 Å². The highest BCUT2D eigenvalue weighted by atomic mass is 19.2. The minimum atomic E-state index is -1.58. The van der Waals surface area contributed by atoms with Gasteiger partial charge in [-0.15, -0.1) is 0 Å². The molecule has 2 atom stereocenters. The van der Waals surface area contributed by atoms with E-state index in [1.807, 2.05) is 26.8 Å². The number of carbonyl (C=O) groups excluding carboxylic acids is 1. The van der Waals surface area contributed by atoms with Gasteiger partial charge < -0.3 is 9.47 Å². The lowest BCUT2D eigenvalue weighted by atomic mass is 10.1. The molecule has 1 aromatic carbocycles. The summed E-state index contributed by atoms with van der Waals surface area (Å²) in [6.45, 7) is 4.04. The SMILES string of the molecule is C/C=C\C1C(C(=O)OCc2c(F)c(F)c(COC)c(F)c2F)C1(C)C. The van der Waals surface area contributed by atoms with Gasteiger partial charge in [-0.1, -0.05) is 26.0 Å². The fourth-order valence-electron chi connectivity index (χ4n) is 3.05. The predicted molar refractivity (Wildman–Crippen MR) is 82.4 cm³/mol. The summed E-state index contributed by atoms with van der Waals surface area (Å²) >= 11 is 0. The van der Waals surface area contributed by atoms with E-state index in [9.17, 15) is 22.4 Å². The standard InChI is InChI=1S/C18H20F4O3/c1-5-6-11-12(18(11,2)3)17(23)25-8-10-15(21)13(19)9(7-24-4)14(20)16(10)22/h5-6,11-12H,7-8H2,1-4H3/b6-5-. The summed E-state index contributed by atoms with van der Waals surface area (Å²) in [5.74, 6) is -7.43. The second kappa shape index (κ2) is 7.15. The Morgan fingerprint density at radius 2 is 1.52 bits per heavy atom. The number of allylic oxidation sites excluding steroid dienone is 2. The molecule has 2 rings (SSSR count). The average molecular weight is 360 g/mol. The maximum absolute atomic E-state index is 14.0. The molecule has 1 aliphatic carbocycles. The highest BCUT2D eigenvalue weighted by Crippen LogP contribution is 2.59. The quantitative estimate of drug-likeness (QED) is 0.329. The van der Waals surface area contributed by atoms with Gasteiger partial charge in [-0.05, 0) is 18.3 Å². The predicted octanol–water partition coefficient (Wildman–Crippen LogP) is 4.28. The molecule has 3 nitrogen and oxygen atoms in total. The first-order valence-corrected chi connectivity index (χ1v) is 7.80. The van der Waals surface area contributed by atoms with Crippen LogP contribution in [0, 0.1) is 40.5 Å². The van der Waals surface area contributed by atoms with Crippen LogP contribution in [0.4, 0.5) is 17.6 Å². The number of methoxy groups -OCH3 is 1. The smallest absolute Gasteiger partial charge is 0.310 e. The Labute approximate surface area is 143 Å². The molecule has 0 radical (unpaired) electrons. The van der Waals surface area contributed by atoms with Crippen molar-refractivity contribution in [2.45, 2.75) is 34.0 Å². The molecular formula is C18H20F4O3. The molecule has 2 unspecified atom stereocenters. The summed E-state index contributed by atoms with van der Waals surface area (Å²) in [7, 11) is 1.14. The Balaban J connectivity index is 2.18. The first kappa shape index (κ1) is 19.4. The summed E-state index contributed by atoms with van der Waals surface area (Å²) in [6.07, 6.45) is 3.66. The Hall–Kier alpha value is -1.89. The van der Waals surface area contributed by atoms with E-state index in [-0.39, 0.29) is 11.3 Å². The third kappa shape index (κ3) is 3.42. The van der Waals surface area contributed by atoms with Crippen molar-refractivity contribution in [1.29, 1.82) is 0 Å². The van der Waals surface area contributed by atoms with Gasteiger partial charge in [0.25, 0.3) is 0 Å². The fraction of sp³-hybridized carbons (Fsp3) is 0.500. The van der Waals surface area contributed by atoms with Crippen LogP contribution in [0.25, 0.3) is 0 Å². The van der Waals surface area contributed by atoms with Crippen LogP contribution in [0.15, 0.2) is 12.2 Å². The van der Waals surface area contributed by atoms with Crippen molar-refractivity contribution in [2.75, 3.05) is 7.11 Å². The molecule has 0 bridgehead atoms. The Morgan fingerprint density at radius 3 is 1.96 bits per heavy atom. The molecule has 0 N–H and O–H groups in total. The third-order valence-corrected chi connectivity index (χ3v) is 4.66. The molecular weight excluding hydrogens is 340 g/mol. The number of carbonyl (C=O) groups is 1. The Kier molecular flexibility index (Phi) is 5.56. The molecule has 0 saturated heterocycles. The van der Waals surface area contributed by atoms with Crippen molar-refractivity contribution in [1.82, 2.24) is 0 Å². The zero-order valence-corrected chi connectivity index (χ0v) is 14.5. The fourth-order valence-corrected chi connectivity index (χ4v) is 3.05. The molecule has 1 aromatic rings. The van der Waals surface area contributed by atoms with Crippen molar-refractivity contribution in [2.24, 2.45) is 17.3 Å². The minimum Gasteiger partial charge on any atom is -0.460 e. The van der Waals surface area contributed by atoms with E-state index in [0.717, 1.165) is 7.11 Å². The van der Waals surface area contributed by atoms with Crippen molar-refractivity contribution in [3.63, 3.8) is 0 Å². The average Bonchev–Trinajstić information content (AvgIpc) is 3.10. The van der Waals surface area contributed by atoms with Crippen molar-refractivity contribution in [3.05, 3.63) is 46.5 Å². The van der Waals surface area contributed by atoms with Crippen LogP contribution in [-0.2, 0) is 27.5 Å². The lowest BCUT2D eigenvalue weighted by Gasteiger charge is -2.12. The summed E-state index contributed by atoms with van der Waals surface area (Å²) in [5, 5.41) is 0. The lowest BCUT2D eigenvalue weighted by Crippen LogP contribution is -2.15. The molecule has 0 amide bonds. The molecule has 138 valence electrons. The van der Waals surface area contributed by atoms with Gasteiger partial charge in [0.05, 0.1) is 23.7 Å². The summed E-state index contributed by atoms with van der Waals surface area (Å²) in [5.41, 5.74) is -2.13.